The molecule has 8 nitrogen and oxygen atoms in total. The van der Waals surface area contributed by atoms with Crippen molar-refractivity contribution in [2.75, 3.05) is 33.0 Å². The van der Waals surface area contributed by atoms with Crippen LogP contribution in [0.2, 0.25) is 0 Å². The molecule has 9 heteroatoms. The number of carbonyl (C=O) groups is 2. The lowest BCUT2D eigenvalue weighted by Gasteiger charge is -2.12. The van der Waals surface area contributed by atoms with E-state index in [1.165, 1.54) is 0 Å². The smallest absolute Gasteiger partial charge is 0.379 e. The van der Waals surface area contributed by atoms with Gasteiger partial charge in [-0.1, -0.05) is 13.3 Å². The largest absolute Gasteiger partial charge is 0.529 e. The molecule has 0 aliphatic carbocycles. The van der Waals surface area contributed by atoms with Crippen molar-refractivity contribution in [2.45, 2.75) is 32.6 Å². The van der Waals surface area contributed by atoms with Crippen molar-refractivity contribution < 1.29 is 37.6 Å². The first-order valence-electron chi connectivity index (χ1n) is 6.80. The molecule has 0 saturated heterocycles. The van der Waals surface area contributed by atoms with Crippen LogP contribution >= 0.6 is 7.82 Å². The van der Waals surface area contributed by atoms with E-state index in [4.69, 9.17) is 9.47 Å². The Morgan fingerprint density at radius 2 is 1.86 bits per heavy atom. The van der Waals surface area contributed by atoms with Crippen molar-refractivity contribution in [3.63, 3.8) is 0 Å². The molecule has 0 fully saturated rings. The highest BCUT2D eigenvalue weighted by Crippen LogP contribution is 2.43. The number of aldehydes is 1. The third kappa shape index (κ3) is 13.9. The summed E-state index contributed by atoms with van der Waals surface area (Å²) in [4.78, 5) is 30.5. The minimum Gasteiger partial charge on any atom is -0.379 e. The second-order valence-corrected chi connectivity index (χ2v) is 5.47. The van der Waals surface area contributed by atoms with E-state index in [1.54, 1.807) is 0 Å². The normalized spacial score (nSPS) is 13.6. The van der Waals surface area contributed by atoms with Crippen LogP contribution in [-0.2, 0) is 32.7 Å². The molecule has 0 aromatic rings. The fraction of sp³-hybridized carbons (Fsp3) is 0.833. The lowest BCUT2D eigenvalue weighted by Crippen LogP contribution is -2.14. The van der Waals surface area contributed by atoms with Crippen LogP contribution in [-0.4, -0.2) is 50.2 Å². The number of phosphoric ester groups is 1. The van der Waals surface area contributed by atoms with Crippen molar-refractivity contribution in [3.8, 4) is 0 Å². The SMILES string of the molecule is CCCCOCCOP(=O)(O)OC(=O)COCCCC=O. The van der Waals surface area contributed by atoms with Gasteiger partial charge >= 0.3 is 13.8 Å². The quantitative estimate of drug-likeness (QED) is 0.290. The predicted octanol–water partition coefficient (Wildman–Crippen LogP) is 1.46. The molecule has 1 unspecified atom stereocenters. The molecular weight excluding hydrogens is 303 g/mol. The molecule has 0 heterocycles. The van der Waals surface area contributed by atoms with Crippen LogP contribution in [0.25, 0.3) is 0 Å². The van der Waals surface area contributed by atoms with Gasteiger partial charge in [0.05, 0.1) is 13.2 Å². The number of rotatable bonds is 14. The van der Waals surface area contributed by atoms with E-state index in [0.717, 1.165) is 19.1 Å². The topological polar surface area (TPSA) is 108 Å². The molecule has 0 radical (unpaired) electrons. The van der Waals surface area contributed by atoms with Crippen LogP contribution in [0.4, 0.5) is 0 Å². The van der Waals surface area contributed by atoms with Gasteiger partial charge in [-0.05, 0) is 12.8 Å². The molecule has 1 N–H and O–H groups in total. The lowest BCUT2D eigenvalue weighted by molar-refractivity contribution is -0.141. The maximum atomic E-state index is 11.4. The van der Waals surface area contributed by atoms with E-state index in [1.807, 2.05) is 6.92 Å². The Labute approximate surface area is 124 Å². The molecule has 0 amide bonds. The van der Waals surface area contributed by atoms with Gasteiger partial charge in [-0.3, -0.25) is 9.42 Å². The first-order valence-corrected chi connectivity index (χ1v) is 8.30. The van der Waals surface area contributed by atoms with Crippen molar-refractivity contribution in [3.05, 3.63) is 0 Å². The van der Waals surface area contributed by atoms with E-state index in [9.17, 15) is 19.0 Å². The van der Waals surface area contributed by atoms with Gasteiger partial charge in [0.1, 0.15) is 12.9 Å². The summed E-state index contributed by atoms with van der Waals surface area (Å²) in [7, 11) is -4.43. The standard InChI is InChI=1S/C12H23O8P/c1-2-3-7-17-9-10-19-21(15,16)20-12(14)11-18-8-5-4-6-13/h6H,2-5,7-11H2,1H3,(H,15,16). The molecule has 1 atom stereocenters. The molecular formula is C12H23O8P. The third-order valence-corrected chi connectivity index (χ3v) is 3.12. The average Bonchev–Trinajstić information content (AvgIpc) is 2.42. The highest BCUT2D eigenvalue weighted by molar-refractivity contribution is 7.48. The zero-order valence-electron chi connectivity index (χ0n) is 12.2. The predicted molar refractivity (Wildman–Crippen MR) is 73.7 cm³/mol. The molecule has 0 spiro atoms. The summed E-state index contributed by atoms with van der Waals surface area (Å²) in [5.41, 5.74) is 0. The fourth-order valence-corrected chi connectivity index (χ4v) is 1.83. The van der Waals surface area contributed by atoms with Crippen LogP contribution in [0.1, 0.15) is 32.6 Å². The fourth-order valence-electron chi connectivity index (χ4n) is 1.17. The van der Waals surface area contributed by atoms with E-state index >= 15 is 0 Å². The van der Waals surface area contributed by atoms with Gasteiger partial charge < -0.3 is 18.8 Å². The summed E-state index contributed by atoms with van der Waals surface area (Å²) in [6.07, 6.45) is 3.42. The Hall–Kier alpha value is -0.790. The highest BCUT2D eigenvalue weighted by atomic mass is 31.2. The Morgan fingerprint density at radius 3 is 2.52 bits per heavy atom. The molecule has 124 valence electrons. The van der Waals surface area contributed by atoms with Gasteiger partial charge in [0.15, 0.2) is 0 Å². The molecule has 0 aliphatic rings. The molecule has 0 aromatic heterocycles. The van der Waals surface area contributed by atoms with E-state index in [-0.39, 0.29) is 19.8 Å². The van der Waals surface area contributed by atoms with Crippen molar-refractivity contribution >= 4 is 20.1 Å². The zero-order chi connectivity index (χ0) is 16.0. The van der Waals surface area contributed by atoms with Crippen LogP contribution in [0.15, 0.2) is 0 Å². The summed E-state index contributed by atoms with van der Waals surface area (Å²) in [6.45, 7) is 2.27. The summed E-state index contributed by atoms with van der Waals surface area (Å²) < 4.78 is 30.2. The first-order chi connectivity index (χ1) is 10.0. The Kier molecular flexibility index (Phi) is 12.4. The number of hydrogen-bond acceptors (Lipinski definition) is 7. The summed E-state index contributed by atoms with van der Waals surface area (Å²) in [5.74, 6) is -1.00. The molecule has 0 saturated carbocycles. The van der Waals surface area contributed by atoms with Crippen molar-refractivity contribution in [1.29, 1.82) is 0 Å². The maximum Gasteiger partial charge on any atom is 0.529 e. The summed E-state index contributed by atoms with van der Waals surface area (Å²) in [5, 5.41) is 0. The van der Waals surface area contributed by atoms with Gasteiger partial charge in [0.25, 0.3) is 0 Å². The van der Waals surface area contributed by atoms with Gasteiger partial charge in [0, 0.05) is 19.6 Å². The van der Waals surface area contributed by atoms with Crippen LogP contribution in [0.3, 0.4) is 0 Å². The molecule has 0 bridgehead atoms. The lowest BCUT2D eigenvalue weighted by atomic mass is 10.3. The summed E-state index contributed by atoms with van der Waals surface area (Å²) >= 11 is 0. The molecule has 0 aromatic carbocycles. The second-order valence-electron chi connectivity index (χ2n) is 4.09. The minimum atomic E-state index is -4.43. The Balaban J connectivity index is 3.66. The van der Waals surface area contributed by atoms with Crippen LogP contribution < -0.4 is 0 Å². The van der Waals surface area contributed by atoms with E-state index < -0.39 is 20.4 Å². The number of ether oxygens (including phenoxy) is 2. The summed E-state index contributed by atoms with van der Waals surface area (Å²) in [6, 6.07) is 0. The highest BCUT2D eigenvalue weighted by Gasteiger charge is 2.25. The second kappa shape index (κ2) is 12.9. The molecule has 0 aliphatic heterocycles. The van der Waals surface area contributed by atoms with Gasteiger partial charge in [0.2, 0.25) is 0 Å². The van der Waals surface area contributed by atoms with Gasteiger partial charge in [-0.25, -0.2) is 9.36 Å². The number of carbonyl (C=O) groups excluding carboxylic acids is 2. The monoisotopic (exact) mass is 326 g/mol. The van der Waals surface area contributed by atoms with Crippen LogP contribution in [0.5, 0.6) is 0 Å². The first kappa shape index (κ1) is 20.2. The number of unbranched alkanes of at least 4 members (excludes halogenated alkanes) is 2. The minimum absolute atomic E-state index is 0.143. The number of phosphoric acid groups is 1. The maximum absolute atomic E-state index is 11.4. The van der Waals surface area contributed by atoms with Crippen molar-refractivity contribution in [2.24, 2.45) is 0 Å². The Bertz CT molecular complexity index is 333. The van der Waals surface area contributed by atoms with Gasteiger partial charge in [-0.15, -0.1) is 0 Å². The molecule has 21 heavy (non-hydrogen) atoms. The number of hydrogen-bond donors (Lipinski definition) is 1. The van der Waals surface area contributed by atoms with Gasteiger partial charge in [-0.2, -0.15) is 0 Å². The van der Waals surface area contributed by atoms with Crippen LogP contribution in [0, 0.1) is 0 Å². The Morgan fingerprint density at radius 1 is 1.14 bits per heavy atom. The molecule has 0 rings (SSSR count). The van der Waals surface area contributed by atoms with E-state index in [2.05, 4.69) is 9.05 Å². The van der Waals surface area contributed by atoms with E-state index in [0.29, 0.717) is 19.4 Å². The third-order valence-electron chi connectivity index (χ3n) is 2.17. The van der Waals surface area contributed by atoms with Crippen molar-refractivity contribution in [1.82, 2.24) is 0 Å². The average molecular weight is 326 g/mol. The zero-order valence-corrected chi connectivity index (χ0v) is 13.1.